The Labute approximate surface area is 215 Å². The first-order valence-corrected chi connectivity index (χ1v) is 11.8. The van der Waals surface area contributed by atoms with E-state index in [0.717, 1.165) is 12.1 Å². The van der Waals surface area contributed by atoms with Gasteiger partial charge >= 0.3 is 12.3 Å². The number of likely N-dealkylation sites (tertiary alicyclic amines) is 1. The summed E-state index contributed by atoms with van der Waals surface area (Å²) in [6, 6.07) is 2.42. The predicted molar refractivity (Wildman–Crippen MR) is 131 cm³/mol. The van der Waals surface area contributed by atoms with Crippen molar-refractivity contribution < 1.29 is 32.4 Å². The van der Waals surface area contributed by atoms with E-state index in [4.69, 9.17) is 9.47 Å². The van der Waals surface area contributed by atoms with Crippen LogP contribution < -0.4 is 10.1 Å². The summed E-state index contributed by atoms with van der Waals surface area (Å²) in [6.45, 7) is 5.71. The molecule has 2 aromatic heterocycles. The number of rotatable bonds is 5. The van der Waals surface area contributed by atoms with Gasteiger partial charge in [-0.3, -0.25) is 10.1 Å². The van der Waals surface area contributed by atoms with E-state index in [1.165, 1.54) is 35.1 Å². The molecule has 0 bridgehead atoms. The quantitative estimate of drug-likeness (QED) is 0.351. The molecule has 3 aromatic rings. The summed E-state index contributed by atoms with van der Waals surface area (Å²) < 4.78 is 54.6. The third-order valence-electron chi connectivity index (χ3n) is 5.94. The van der Waals surface area contributed by atoms with Crippen molar-refractivity contribution in [2.75, 3.05) is 25.5 Å². The number of methoxy groups -OCH3 is 1. The molecule has 3 heterocycles. The number of fused-ring (bicyclic) bond motifs is 1. The lowest BCUT2D eigenvalue weighted by atomic mass is 9.97. The fourth-order valence-electron chi connectivity index (χ4n) is 4.33. The maximum atomic E-state index is 14.3. The average molecular weight is 537 g/mol. The minimum absolute atomic E-state index is 0.00981. The van der Waals surface area contributed by atoms with Crippen LogP contribution in [0.2, 0.25) is 0 Å². The number of ether oxygens (including phenoxy) is 2. The molecule has 1 fully saturated rings. The zero-order valence-corrected chi connectivity index (χ0v) is 21.2. The third kappa shape index (κ3) is 5.73. The highest BCUT2D eigenvalue weighted by atomic mass is 19.4. The minimum Gasteiger partial charge on any atom is -0.493 e. The molecule has 0 aliphatic carbocycles. The number of pyridine rings is 1. The molecule has 1 aliphatic heterocycles. The van der Waals surface area contributed by atoms with Crippen LogP contribution in [0.15, 0.2) is 30.7 Å². The Balaban J connectivity index is 1.73. The second-order valence-corrected chi connectivity index (χ2v) is 9.91. The number of nitrogens with one attached hydrogen (secondary N) is 1. The maximum absolute atomic E-state index is 14.3. The SMILES string of the molecule is COc1cc(-c2cc([N+](=O)[O-])c(N[C@@H]3CCCN(C(=O)OC(C)(C)C)C3)cc2C(F)(F)F)cn2ncnc12. The van der Waals surface area contributed by atoms with Gasteiger partial charge in [0.1, 0.15) is 17.6 Å². The molecule has 38 heavy (non-hydrogen) atoms. The van der Waals surface area contributed by atoms with E-state index in [2.05, 4.69) is 15.4 Å². The summed E-state index contributed by atoms with van der Waals surface area (Å²) in [7, 11) is 1.33. The monoisotopic (exact) mass is 536 g/mol. The van der Waals surface area contributed by atoms with Gasteiger partial charge in [-0.1, -0.05) is 0 Å². The fraction of sp³-hybridized carbons (Fsp3) is 0.458. The van der Waals surface area contributed by atoms with E-state index >= 15 is 0 Å². The Morgan fingerprint density at radius 1 is 1.24 bits per heavy atom. The van der Waals surface area contributed by atoms with Gasteiger partial charge in [-0.15, -0.1) is 0 Å². The second kappa shape index (κ2) is 9.99. The largest absolute Gasteiger partial charge is 0.493 e. The molecule has 204 valence electrons. The maximum Gasteiger partial charge on any atom is 0.417 e. The van der Waals surface area contributed by atoms with Crippen molar-refractivity contribution >= 4 is 23.1 Å². The minimum atomic E-state index is -4.83. The van der Waals surface area contributed by atoms with Crippen LogP contribution in [-0.2, 0) is 10.9 Å². The molecule has 4 rings (SSSR count). The van der Waals surface area contributed by atoms with Gasteiger partial charge in [0.25, 0.3) is 5.69 Å². The van der Waals surface area contributed by atoms with Crippen molar-refractivity contribution in [2.45, 2.75) is 51.4 Å². The number of carbonyl (C=O) groups excluding carboxylic acids is 1. The highest BCUT2D eigenvalue weighted by molar-refractivity contribution is 5.79. The number of halogens is 3. The Bertz CT molecular complexity index is 1370. The van der Waals surface area contributed by atoms with Crippen LogP contribution in [0.25, 0.3) is 16.8 Å². The molecule has 1 atom stereocenters. The van der Waals surface area contributed by atoms with E-state index in [-0.39, 0.29) is 29.2 Å². The number of anilines is 1. The zero-order valence-electron chi connectivity index (χ0n) is 21.2. The van der Waals surface area contributed by atoms with Crippen LogP contribution in [-0.4, -0.2) is 62.4 Å². The van der Waals surface area contributed by atoms with Crippen LogP contribution in [0.5, 0.6) is 5.75 Å². The first-order valence-electron chi connectivity index (χ1n) is 11.8. The van der Waals surface area contributed by atoms with E-state index < -0.39 is 45.7 Å². The van der Waals surface area contributed by atoms with Crippen molar-refractivity contribution in [1.82, 2.24) is 19.5 Å². The van der Waals surface area contributed by atoms with E-state index in [9.17, 15) is 28.1 Å². The number of nitro groups is 1. The number of hydrogen-bond donors (Lipinski definition) is 1. The summed E-state index contributed by atoms with van der Waals surface area (Å²) in [6.07, 6.45) is -1.83. The molecule has 1 aromatic carbocycles. The Morgan fingerprint density at radius 3 is 2.61 bits per heavy atom. The fourth-order valence-corrected chi connectivity index (χ4v) is 4.33. The molecule has 1 amide bonds. The van der Waals surface area contributed by atoms with Gasteiger partial charge in [0, 0.05) is 42.5 Å². The lowest BCUT2D eigenvalue weighted by molar-refractivity contribution is -0.384. The number of amides is 1. The van der Waals surface area contributed by atoms with Gasteiger partial charge in [-0.25, -0.2) is 14.3 Å². The van der Waals surface area contributed by atoms with Gasteiger partial charge in [0.2, 0.25) is 0 Å². The smallest absolute Gasteiger partial charge is 0.417 e. The first kappa shape index (κ1) is 26.9. The van der Waals surface area contributed by atoms with E-state index in [0.29, 0.717) is 19.4 Å². The molecule has 0 unspecified atom stereocenters. The van der Waals surface area contributed by atoms with Crippen molar-refractivity contribution in [3.05, 3.63) is 46.4 Å². The van der Waals surface area contributed by atoms with Gasteiger partial charge in [0.05, 0.1) is 17.6 Å². The number of hydrogen-bond acceptors (Lipinski definition) is 8. The molecular formula is C24H27F3N6O5. The molecule has 0 radical (unpaired) electrons. The standard InChI is InChI=1S/C24H27F3N6O5/c1-23(2,3)38-22(34)31-7-5-6-15(12-31)30-18-10-17(24(25,26)27)16(9-19(18)33(35)36)14-8-20(37-4)21-28-13-29-32(21)11-14/h8-11,13,15,30H,5-7,12H2,1-4H3/t15-/m1/s1. The third-order valence-corrected chi connectivity index (χ3v) is 5.94. The first-order chi connectivity index (χ1) is 17.8. The Morgan fingerprint density at radius 2 is 1.97 bits per heavy atom. The molecule has 1 N–H and O–H groups in total. The molecule has 1 saturated heterocycles. The van der Waals surface area contributed by atoms with Crippen LogP contribution in [0, 0.1) is 10.1 Å². The molecular weight excluding hydrogens is 509 g/mol. The summed E-state index contributed by atoms with van der Waals surface area (Å²) in [5.74, 6) is 0.155. The summed E-state index contributed by atoms with van der Waals surface area (Å²) in [5, 5.41) is 18.8. The summed E-state index contributed by atoms with van der Waals surface area (Å²) in [4.78, 5) is 29.2. The predicted octanol–water partition coefficient (Wildman–Crippen LogP) is 5.14. The summed E-state index contributed by atoms with van der Waals surface area (Å²) in [5.41, 5.74) is -2.75. The molecule has 14 heteroatoms. The molecule has 0 saturated carbocycles. The number of nitrogens with zero attached hydrogens (tertiary/aromatic N) is 5. The highest BCUT2D eigenvalue weighted by Crippen LogP contribution is 2.43. The summed E-state index contributed by atoms with van der Waals surface area (Å²) >= 11 is 0. The van der Waals surface area contributed by atoms with Crippen molar-refractivity contribution in [3.8, 4) is 16.9 Å². The lowest BCUT2D eigenvalue weighted by Crippen LogP contribution is -2.47. The van der Waals surface area contributed by atoms with E-state index in [1.54, 1.807) is 20.8 Å². The molecule has 0 spiro atoms. The van der Waals surface area contributed by atoms with Gasteiger partial charge < -0.3 is 19.7 Å². The second-order valence-electron chi connectivity index (χ2n) is 9.91. The van der Waals surface area contributed by atoms with Gasteiger partial charge in [-0.2, -0.15) is 18.3 Å². The molecule has 11 nitrogen and oxygen atoms in total. The van der Waals surface area contributed by atoms with Gasteiger partial charge in [-0.05, 0) is 45.7 Å². The molecule has 1 aliphatic rings. The number of aromatic nitrogens is 3. The number of carbonyl (C=O) groups is 1. The Hall–Kier alpha value is -4.10. The van der Waals surface area contributed by atoms with Crippen molar-refractivity contribution in [3.63, 3.8) is 0 Å². The number of alkyl halides is 3. The van der Waals surface area contributed by atoms with Crippen LogP contribution in [0.4, 0.5) is 29.3 Å². The number of nitro benzene ring substituents is 1. The van der Waals surface area contributed by atoms with Crippen LogP contribution in [0.1, 0.15) is 39.2 Å². The van der Waals surface area contributed by atoms with Crippen LogP contribution >= 0.6 is 0 Å². The lowest BCUT2D eigenvalue weighted by Gasteiger charge is -2.34. The van der Waals surface area contributed by atoms with Gasteiger partial charge in [0.15, 0.2) is 11.4 Å². The highest BCUT2D eigenvalue weighted by Gasteiger charge is 2.37. The number of piperidine rings is 1. The van der Waals surface area contributed by atoms with Crippen LogP contribution in [0.3, 0.4) is 0 Å². The van der Waals surface area contributed by atoms with Crippen molar-refractivity contribution in [2.24, 2.45) is 0 Å². The zero-order chi connectivity index (χ0) is 27.8. The average Bonchev–Trinajstić information content (AvgIpc) is 3.30. The number of benzene rings is 1. The van der Waals surface area contributed by atoms with E-state index in [1.807, 2.05) is 0 Å². The normalized spacial score (nSPS) is 16.4. The topological polar surface area (TPSA) is 124 Å². The Kier molecular flexibility index (Phi) is 7.08. The van der Waals surface area contributed by atoms with Crippen molar-refractivity contribution in [1.29, 1.82) is 0 Å².